The van der Waals surface area contributed by atoms with E-state index in [1.807, 2.05) is 17.7 Å². The summed E-state index contributed by atoms with van der Waals surface area (Å²) in [5.41, 5.74) is 1.32. The zero-order chi connectivity index (χ0) is 12.1. The first kappa shape index (κ1) is 12.7. The molecular formula is C12H16N2OS2. The van der Waals surface area contributed by atoms with Gasteiger partial charge in [0.2, 0.25) is 0 Å². The number of carbonyl (C=O) groups excluding carboxylic acids is 1. The first-order valence-electron chi connectivity index (χ1n) is 5.59. The van der Waals surface area contributed by atoms with Crippen molar-refractivity contribution in [3.63, 3.8) is 0 Å². The van der Waals surface area contributed by atoms with Gasteiger partial charge in [-0.3, -0.25) is 4.79 Å². The van der Waals surface area contributed by atoms with Crippen LogP contribution in [0.2, 0.25) is 0 Å². The number of hydrogen-bond acceptors (Lipinski definition) is 4. The van der Waals surface area contributed by atoms with Crippen LogP contribution in [0.25, 0.3) is 0 Å². The number of thiophene rings is 1. The quantitative estimate of drug-likeness (QED) is 0.649. The third-order valence-corrected chi connectivity index (χ3v) is 4.51. The summed E-state index contributed by atoms with van der Waals surface area (Å²) in [4.78, 5) is 13.9. The molecule has 2 N–H and O–H groups in total. The van der Waals surface area contributed by atoms with Crippen molar-refractivity contribution in [1.29, 1.82) is 0 Å². The Kier molecular flexibility index (Phi) is 4.65. The molecular weight excluding hydrogens is 252 g/mol. The van der Waals surface area contributed by atoms with Gasteiger partial charge in [0, 0.05) is 18.0 Å². The highest BCUT2D eigenvalue weighted by Gasteiger charge is 2.12. The number of rotatable bonds is 4. The molecule has 0 aromatic carbocycles. The van der Waals surface area contributed by atoms with Gasteiger partial charge in [-0.1, -0.05) is 11.6 Å². The lowest BCUT2D eigenvalue weighted by Crippen LogP contribution is -2.29. The Hall–Kier alpha value is -0.780. The van der Waals surface area contributed by atoms with Crippen molar-refractivity contribution in [1.82, 2.24) is 10.6 Å². The van der Waals surface area contributed by atoms with Crippen molar-refractivity contribution in [2.24, 2.45) is 0 Å². The summed E-state index contributed by atoms with van der Waals surface area (Å²) in [6, 6.07) is 1.99. The SMILES string of the molecule is CSc1ccsc1C(=O)NCC1=CCNCC1. The molecule has 0 fully saturated rings. The summed E-state index contributed by atoms with van der Waals surface area (Å²) in [5, 5.41) is 8.21. The molecule has 0 radical (unpaired) electrons. The minimum atomic E-state index is 0.0452. The standard InChI is InChI=1S/C12H16N2OS2/c1-16-10-4-7-17-11(10)12(15)14-8-9-2-5-13-6-3-9/h2,4,7,13H,3,5-6,8H2,1H3,(H,14,15). The Bertz CT molecular complexity index is 426. The Morgan fingerprint density at radius 1 is 1.65 bits per heavy atom. The van der Waals surface area contributed by atoms with Crippen LogP contribution in [0.5, 0.6) is 0 Å². The third-order valence-electron chi connectivity index (χ3n) is 2.69. The van der Waals surface area contributed by atoms with Crippen LogP contribution in [0.3, 0.4) is 0 Å². The van der Waals surface area contributed by atoms with Crippen LogP contribution in [0.1, 0.15) is 16.1 Å². The molecule has 1 aromatic heterocycles. The fraction of sp³-hybridized carbons (Fsp3) is 0.417. The van der Waals surface area contributed by atoms with E-state index in [9.17, 15) is 4.79 Å². The van der Waals surface area contributed by atoms with E-state index in [0.717, 1.165) is 29.3 Å². The summed E-state index contributed by atoms with van der Waals surface area (Å²) < 4.78 is 0. The van der Waals surface area contributed by atoms with Gasteiger partial charge in [-0.2, -0.15) is 0 Å². The van der Waals surface area contributed by atoms with Crippen LogP contribution in [0, 0.1) is 0 Å². The van der Waals surface area contributed by atoms with E-state index in [2.05, 4.69) is 16.7 Å². The topological polar surface area (TPSA) is 41.1 Å². The Morgan fingerprint density at radius 3 is 3.24 bits per heavy atom. The number of hydrogen-bond donors (Lipinski definition) is 2. The maximum absolute atomic E-state index is 12.0. The lowest BCUT2D eigenvalue weighted by molar-refractivity contribution is 0.0958. The molecule has 1 aromatic rings. The molecule has 0 bridgehead atoms. The molecule has 0 spiro atoms. The van der Waals surface area contributed by atoms with Gasteiger partial charge in [-0.15, -0.1) is 23.1 Å². The Balaban J connectivity index is 1.91. The number of thioether (sulfide) groups is 1. The summed E-state index contributed by atoms with van der Waals surface area (Å²) in [7, 11) is 0. The van der Waals surface area contributed by atoms with E-state index in [1.54, 1.807) is 11.8 Å². The molecule has 2 rings (SSSR count). The van der Waals surface area contributed by atoms with E-state index in [0.29, 0.717) is 6.54 Å². The van der Waals surface area contributed by atoms with Crippen molar-refractivity contribution >= 4 is 29.0 Å². The minimum Gasteiger partial charge on any atom is -0.348 e. The van der Waals surface area contributed by atoms with Gasteiger partial charge >= 0.3 is 0 Å². The van der Waals surface area contributed by atoms with Gasteiger partial charge in [-0.05, 0) is 30.7 Å². The Morgan fingerprint density at radius 2 is 2.53 bits per heavy atom. The van der Waals surface area contributed by atoms with Crippen LogP contribution in [-0.4, -0.2) is 31.8 Å². The lowest BCUT2D eigenvalue weighted by Gasteiger charge is -2.14. The number of nitrogens with one attached hydrogen (secondary N) is 2. The lowest BCUT2D eigenvalue weighted by atomic mass is 10.1. The molecule has 92 valence electrons. The zero-order valence-electron chi connectivity index (χ0n) is 9.79. The van der Waals surface area contributed by atoms with Crippen molar-refractivity contribution < 1.29 is 4.79 Å². The van der Waals surface area contributed by atoms with Gasteiger partial charge in [0.1, 0.15) is 4.88 Å². The second-order valence-corrected chi connectivity index (χ2v) is 5.58. The van der Waals surface area contributed by atoms with Crippen molar-refractivity contribution in [2.75, 3.05) is 25.9 Å². The maximum Gasteiger partial charge on any atom is 0.262 e. The highest BCUT2D eigenvalue weighted by atomic mass is 32.2. The molecule has 3 nitrogen and oxygen atoms in total. The van der Waals surface area contributed by atoms with Gasteiger partial charge in [0.05, 0.1) is 0 Å². The largest absolute Gasteiger partial charge is 0.348 e. The van der Waals surface area contributed by atoms with Crippen LogP contribution < -0.4 is 10.6 Å². The molecule has 0 unspecified atom stereocenters. The summed E-state index contributed by atoms with van der Waals surface area (Å²) in [6.45, 7) is 2.60. The molecule has 17 heavy (non-hydrogen) atoms. The fourth-order valence-electron chi connectivity index (χ4n) is 1.73. The van der Waals surface area contributed by atoms with Gasteiger partial charge in [0.25, 0.3) is 5.91 Å². The van der Waals surface area contributed by atoms with Gasteiger partial charge < -0.3 is 10.6 Å². The normalized spacial score (nSPS) is 15.5. The Labute approximate surface area is 110 Å². The van der Waals surface area contributed by atoms with E-state index in [1.165, 1.54) is 16.9 Å². The average molecular weight is 268 g/mol. The van der Waals surface area contributed by atoms with E-state index < -0.39 is 0 Å². The second-order valence-electron chi connectivity index (χ2n) is 3.82. The van der Waals surface area contributed by atoms with Crippen molar-refractivity contribution in [3.8, 4) is 0 Å². The predicted molar refractivity (Wildman–Crippen MR) is 74.0 cm³/mol. The van der Waals surface area contributed by atoms with Gasteiger partial charge in [0.15, 0.2) is 0 Å². The predicted octanol–water partition coefficient (Wildman–Crippen LogP) is 2.12. The molecule has 1 amide bonds. The first-order chi connectivity index (χ1) is 8.31. The molecule has 1 aliphatic heterocycles. The number of carbonyl (C=O) groups is 1. The highest BCUT2D eigenvalue weighted by molar-refractivity contribution is 7.98. The molecule has 0 saturated carbocycles. The summed E-state index contributed by atoms with van der Waals surface area (Å²) >= 11 is 3.12. The van der Waals surface area contributed by atoms with Crippen LogP contribution in [0.15, 0.2) is 28.0 Å². The van der Waals surface area contributed by atoms with Crippen LogP contribution in [0.4, 0.5) is 0 Å². The van der Waals surface area contributed by atoms with E-state index in [4.69, 9.17) is 0 Å². The van der Waals surface area contributed by atoms with E-state index >= 15 is 0 Å². The van der Waals surface area contributed by atoms with Crippen molar-refractivity contribution in [2.45, 2.75) is 11.3 Å². The molecule has 0 atom stereocenters. The molecule has 5 heteroatoms. The van der Waals surface area contributed by atoms with Crippen molar-refractivity contribution in [3.05, 3.63) is 28.0 Å². The molecule has 2 heterocycles. The molecule has 0 aliphatic carbocycles. The summed E-state index contributed by atoms with van der Waals surface area (Å²) in [5.74, 6) is 0.0452. The number of amides is 1. The monoisotopic (exact) mass is 268 g/mol. The molecule has 0 saturated heterocycles. The fourth-order valence-corrected chi connectivity index (χ4v) is 3.39. The maximum atomic E-state index is 12.0. The molecule has 1 aliphatic rings. The smallest absolute Gasteiger partial charge is 0.262 e. The summed E-state index contributed by atoms with van der Waals surface area (Å²) in [6.07, 6.45) is 5.18. The van der Waals surface area contributed by atoms with Gasteiger partial charge in [-0.25, -0.2) is 0 Å². The minimum absolute atomic E-state index is 0.0452. The average Bonchev–Trinajstić information content (AvgIpc) is 2.85. The third kappa shape index (κ3) is 3.34. The first-order valence-corrected chi connectivity index (χ1v) is 7.70. The zero-order valence-corrected chi connectivity index (χ0v) is 11.4. The van der Waals surface area contributed by atoms with Crippen LogP contribution in [-0.2, 0) is 0 Å². The van der Waals surface area contributed by atoms with Crippen LogP contribution >= 0.6 is 23.1 Å². The second kappa shape index (κ2) is 6.23. The van der Waals surface area contributed by atoms with E-state index in [-0.39, 0.29) is 5.91 Å². The highest BCUT2D eigenvalue weighted by Crippen LogP contribution is 2.25.